The number of halogens is 3. The fourth-order valence-corrected chi connectivity index (χ4v) is 6.66. The van der Waals surface area contributed by atoms with Crippen LogP contribution in [-0.4, -0.2) is 45.9 Å². The molecule has 1 N–H and O–H groups in total. The van der Waals surface area contributed by atoms with Gasteiger partial charge in [-0.3, -0.25) is 29.3 Å². The average Bonchev–Trinajstić information content (AvgIpc) is 3.14. The maximum Gasteiger partial charge on any atom is 0.433 e. The maximum atomic E-state index is 13.8. The van der Waals surface area contributed by atoms with Gasteiger partial charge in [0.15, 0.2) is 0 Å². The van der Waals surface area contributed by atoms with Crippen LogP contribution in [0.4, 0.5) is 18.9 Å². The number of hydrogen-bond donors (Lipinski definition) is 1. The van der Waals surface area contributed by atoms with Gasteiger partial charge in [0.2, 0.25) is 11.8 Å². The molecule has 2 unspecified atom stereocenters. The summed E-state index contributed by atoms with van der Waals surface area (Å²) >= 11 is 1.24. The van der Waals surface area contributed by atoms with Crippen LogP contribution in [0, 0.1) is 24.2 Å². The minimum atomic E-state index is -4.72. The predicted octanol–water partition coefficient (Wildman–Crippen LogP) is 5.80. The zero-order chi connectivity index (χ0) is 29.9. The first-order chi connectivity index (χ1) is 19.3. The highest BCUT2D eigenvalue weighted by atomic mass is 32.1. The summed E-state index contributed by atoms with van der Waals surface area (Å²) in [6.45, 7) is 7.13. The minimum absolute atomic E-state index is 0.00991. The summed E-state index contributed by atoms with van der Waals surface area (Å²) in [7, 11) is 1.52. The lowest BCUT2D eigenvalue weighted by molar-refractivity contribution is -0.144. The lowest BCUT2D eigenvalue weighted by Crippen LogP contribution is -2.35. The number of thiophene rings is 1. The van der Waals surface area contributed by atoms with Crippen molar-refractivity contribution in [1.29, 1.82) is 0 Å². The number of amides is 3. The molecule has 41 heavy (non-hydrogen) atoms. The van der Waals surface area contributed by atoms with Crippen molar-refractivity contribution in [3.8, 4) is 11.1 Å². The molecule has 2 fully saturated rings. The molecule has 12 heteroatoms. The Morgan fingerprint density at radius 2 is 1.88 bits per heavy atom. The third kappa shape index (κ3) is 4.94. The van der Waals surface area contributed by atoms with Crippen molar-refractivity contribution in [2.75, 3.05) is 12.4 Å². The second-order valence-corrected chi connectivity index (χ2v) is 11.9. The van der Waals surface area contributed by atoms with E-state index in [2.05, 4.69) is 20.3 Å². The van der Waals surface area contributed by atoms with E-state index in [1.165, 1.54) is 42.6 Å². The van der Waals surface area contributed by atoms with Crippen molar-refractivity contribution in [3.05, 3.63) is 52.3 Å². The minimum Gasteiger partial charge on any atom is -0.320 e. The Kier molecular flexibility index (Phi) is 7.09. The van der Waals surface area contributed by atoms with Crippen LogP contribution in [0.15, 0.2) is 41.0 Å². The molecular formula is C29H28F3N5O3S. The van der Waals surface area contributed by atoms with E-state index in [1.54, 1.807) is 18.2 Å². The SMILES string of the molecule is CC/C=C(\C=NC)C(=O)Nc1c(-c2ccnc3cc(CN4C(=O)C5C(C4=O)C5(C)C)sc23)cc(C(F)(F)F)nc1C. The Morgan fingerprint density at radius 1 is 1.20 bits per heavy atom. The number of aryl methyl sites for hydroxylation is 1. The van der Waals surface area contributed by atoms with Crippen LogP contribution in [0.1, 0.15) is 43.5 Å². The van der Waals surface area contributed by atoms with Crippen LogP contribution >= 0.6 is 11.3 Å². The number of carbonyl (C=O) groups excluding carboxylic acids is 3. The van der Waals surface area contributed by atoms with E-state index < -0.39 is 17.8 Å². The van der Waals surface area contributed by atoms with Gasteiger partial charge >= 0.3 is 6.18 Å². The Hall–Kier alpha value is -3.93. The zero-order valence-corrected chi connectivity index (χ0v) is 23.9. The number of carbonyl (C=O) groups is 3. The van der Waals surface area contributed by atoms with E-state index in [9.17, 15) is 27.6 Å². The summed E-state index contributed by atoms with van der Waals surface area (Å²) in [6.07, 6.45) is 0.349. The van der Waals surface area contributed by atoms with Crippen molar-refractivity contribution in [1.82, 2.24) is 14.9 Å². The molecule has 8 nitrogen and oxygen atoms in total. The van der Waals surface area contributed by atoms with Gasteiger partial charge < -0.3 is 5.32 Å². The molecule has 1 aliphatic carbocycles. The molecule has 0 aromatic carbocycles. The van der Waals surface area contributed by atoms with Gasteiger partial charge in [-0.25, -0.2) is 4.98 Å². The summed E-state index contributed by atoms with van der Waals surface area (Å²) < 4.78 is 42.1. The number of hydrogen-bond acceptors (Lipinski definition) is 7. The fourth-order valence-electron chi connectivity index (χ4n) is 5.53. The van der Waals surface area contributed by atoms with Crippen molar-refractivity contribution in [3.63, 3.8) is 0 Å². The summed E-state index contributed by atoms with van der Waals surface area (Å²) in [6, 6.07) is 4.22. The van der Waals surface area contributed by atoms with E-state index in [0.29, 0.717) is 27.1 Å². The van der Waals surface area contributed by atoms with Gasteiger partial charge in [0.1, 0.15) is 5.69 Å². The monoisotopic (exact) mass is 583 g/mol. The predicted molar refractivity (Wildman–Crippen MR) is 150 cm³/mol. The van der Waals surface area contributed by atoms with Crippen molar-refractivity contribution in [2.45, 2.75) is 46.8 Å². The van der Waals surface area contributed by atoms with Crippen molar-refractivity contribution < 1.29 is 27.6 Å². The number of alkyl halides is 3. The van der Waals surface area contributed by atoms with E-state index in [-0.39, 0.29) is 58.1 Å². The molecule has 3 aromatic heterocycles. The number of pyridine rings is 2. The number of nitrogens with zero attached hydrogens (tertiary/aromatic N) is 4. The summed E-state index contributed by atoms with van der Waals surface area (Å²) in [4.78, 5) is 52.8. The van der Waals surface area contributed by atoms with Gasteiger partial charge in [0.05, 0.1) is 45.6 Å². The normalized spacial score (nSPS) is 20.3. The third-order valence-electron chi connectivity index (χ3n) is 7.64. The van der Waals surface area contributed by atoms with Crippen LogP contribution in [-0.2, 0) is 27.1 Å². The smallest absolute Gasteiger partial charge is 0.320 e. The number of piperidine rings is 1. The highest BCUT2D eigenvalue weighted by Crippen LogP contribution is 2.63. The average molecular weight is 584 g/mol. The van der Waals surface area contributed by atoms with Crippen LogP contribution < -0.4 is 5.32 Å². The van der Waals surface area contributed by atoms with Crippen LogP contribution in [0.25, 0.3) is 21.3 Å². The van der Waals surface area contributed by atoms with Gasteiger partial charge in [0.25, 0.3) is 5.91 Å². The number of nitrogens with one attached hydrogen (secondary N) is 1. The van der Waals surface area contributed by atoms with Gasteiger partial charge in [-0.1, -0.05) is 26.8 Å². The largest absolute Gasteiger partial charge is 0.433 e. The molecule has 0 radical (unpaired) electrons. The number of anilines is 1. The Morgan fingerprint density at radius 3 is 2.49 bits per heavy atom. The molecular weight excluding hydrogens is 555 g/mol. The zero-order valence-electron chi connectivity index (χ0n) is 23.1. The van der Waals surface area contributed by atoms with Gasteiger partial charge in [0, 0.05) is 35.5 Å². The highest BCUT2D eigenvalue weighted by Gasteiger charge is 2.72. The first-order valence-electron chi connectivity index (χ1n) is 13.0. The molecule has 5 rings (SSSR count). The van der Waals surface area contributed by atoms with Crippen molar-refractivity contribution in [2.24, 2.45) is 22.2 Å². The molecule has 3 amide bonds. The second kappa shape index (κ2) is 10.2. The van der Waals surface area contributed by atoms with E-state index >= 15 is 0 Å². The lowest BCUT2D eigenvalue weighted by Gasteiger charge is -2.19. The summed E-state index contributed by atoms with van der Waals surface area (Å²) in [5, 5.41) is 2.74. The number of rotatable bonds is 7. The first kappa shape index (κ1) is 28.6. The Balaban J connectivity index is 1.58. The van der Waals surface area contributed by atoms with Gasteiger partial charge in [-0.15, -0.1) is 11.3 Å². The fraction of sp³-hybridized carbons (Fsp3) is 0.379. The highest BCUT2D eigenvalue weighted by molar-refractivity contribution is 7.19. The van der Waals surface area contributed by atoms with Crippen LogP contribution in [0.3, 0.4) is 0 Å². The van der Waals surface area contributed by atoms with Gasteiger partial charge in [-0.2, -0.15) is 13.2 Å². The van der Waals surface area contributed by atoms with E-state index in [4.69, 9.17) is 0 Å². The van der Waals surface area contributed by atoms with E-state index in [1.807, 2.05) is 20.8 Å². The quantitative estimate of drug-likeness (QED) is 0.215. The molecule has 1 saturated heterocycles. The topological polar surface area (TPSA) is 105 Å². The molecule has 2 aliphatic rings. The molecule has 1 aliphatic heterocycles. The maximum absolute atomic E-state index is 13.8. The second-order valence-electron chi connectivity index (χ2n) is 10.7. The first-order valence-corrected chi connectivity index (χ1v) is 13.9. The third-order valence-corrected chi connectivity index (χ3v) is 8.78. The molecule has 3 aromatic rings. The number of imide groups is 1. The molecule has 1 saturated carbocycles. The van der Waals surface area contributed by atoms with E-state index in [0.717, 1.165) is 6.07 Å². The summed E-state index contributed by atoms with van der Waals surface area (Å²) in [5.74, 6) is -1.56. The molecule has 4 heterocycles. The van der Waals surface area contributed by atoms with Crippen molar-refractivity contribution >= 4 is 51.2 Å². The molecule has 0 spiro atoms. The number of likely N-dealkylation sites (tertiary alicyclic amines) is 1. The number of aromatic nitrogens is 2. The van der Waals surface area contributed by atoms with Crippen LogP contribution in [0.2, 0.25) is 0 Å². The molecule has 2 atom stereocenters. The number of fused-ring (bicyclic) bond motifs is 2. The molecule has 0 bridgehead atoms. The Labute approximate surface area is 238 Å². The lowest BCUT2D eigenvalue weighted by atomic mass is 10.0. The van der Waals surface area contributed by atoms with Crippen LogP contribution in [0.5, 0.6) is 0 Å². The standard InChI is InChI=1S/C29H28F3N5O3S/c1-6-7-15(12-33-5)25(38)36-23-14(2)35-20(29(30,31)32)11-18(23)17-8-9-34-19-10-16(41-24(17)19)13-37-26(39)21-22(27(37)40)28(21,3)4/h7-12,21-22H,6,13H2,1-5H3,(H,36,38)/b15-7+,33-12?. The van der Waals surface area contributed by atoms with Gasteiger partial charge in [-0.05, 0) is 37.0 Å². The number of allylic oxidation sites excluding steroid dienone is 1. The Bertz CT molecular complexity index is 1630. The summed E-state index contributed by atoms with van der Waals surface area (Å²) in [5.41, 5.74) is -0.0137. The molecule has 214 valence electrons. The number of aliphatic imine (C=N–C) groups is 1.